The van der Waals surface area contributed by atoms with E-state index < -0.39 is 0 Å². The third kappa shape index (κ3) is 4.76. The zero-order valence-corrected chi connectivity index (χ0v) is 21.8. The summed E-state index contributed by atoms with van der Waals surface area (Å²) in [6, 6.07) is 2.36. The van der Waals surface area contributed by atoms with Gasteiger partial charge in [0.05, 0.1) is 39.8 Å². The van der Waals surface area contributed by atoms with Crippen LogP contribution in [0.4, 0.5) is 5.69 Å². The Morgan fingerprint density at radius 2 is 1.92 bits per heavy atom. The molecule has 2 bridgehead atoms. The van der Waals surface area contributed by atoms with Crippen LogP contribution in [0.15, 0.2) is 37.1 Å². The summed E-state index contributed by atoms with van der Waals surface area (Å²) in [7, 11) is 1.86. The lowest BCUT2D eigenvalue weighted by atomic mass is 9.80. The fourth-order valence-corrected chi connectivity index (χ4v) is 6.49. The fourth-order valence-electron chi connectivity index (χ4n) is 5.46. The largest absolute Gasteiger partial charge is 0.351 e. The van der Waals surface area contributed by atoms with Crippen molar-refractivity contribution < 1.29 is 9.59 Å². The van der Waals surface area contributed by atoms with E-state index >= 15 is 0 Å². The van der Waals surface area contributed by atoms with Gasteiger partial charge in [0.15, 0.2) is 0 Å². The van der Waals surface area contributed by atoms with Crippen LogP contribution in [-0.4, -0.2) is 66.8 Å². The molecule has 4 aromatic heterocycles. The Hall–Kier alpha value is -3.57. The Balaban J connectivity index is 1.12. The lowest BCUT2D eigenvalue weighted by Crippen LogP contribution is -2.50. The van der Waals surface area contributed by atoms with Crippen LogP contribution in [0.2, 0.25) is 0 Å². The van der Waals surface area contributed by atoms with Crippen LogP contribution in [0, 0.1) is 12.8 Å². The maximum absolute atomic E-state index is 13.2. The van der Waals surface area contributed by atoms with Gasteiger partial charge in [-0.2, -0.15) is 10.2 Å². The van der Waals surface area contributed by atoms with Gasteiger partial charge in [-0.15, -0.1) is 11.3 Å². The number of hydrogen-bond acceptors (Lipinski definition) is 7. The van der Waals surface area contributed by atoms with E-state index in [0.29, 0.717) is 35.1 Å². The molecule has 2 saturated heterocycles. The first-order valence-corrected chi connectivity index (χ1v) is 13.5. The number of anilines is 1. The second-order valence-electron chi connectivity index (χ2n) is 10.0. The van der Waals surface area contributed by atoms with Crippen molar-refractivity contribution in [3.63, 3.8) is 0 Å². The third-order valence-corrected chi connectivity index (χ3v) is 8.70. The van der Waals surface area contributed by atoms with Crippen molar-refractivity contribution in [2.75, 3.05) is 25.0 Å². The molecular weight excluding hydrogens is 488 g/mol. The summed E-state index contributed by atoms with van der Waals surface area (Å²) in [6.45, 7) is 4.43. The molecular formula is C26H30N8O2S. The lowest BCUT2D eigenvalue weighted by molar-refractivity contribution is 0.0494. The minimum atomic E-state index is -0.294. The first-order chi connectivity index (χ1) is 17.9. The molecule has 7 rings (SSSR count). The normalized spacial score (nSPS) is 19.4. The molecule has 3 aliphatic rings. The molecule has 4 aromatic rings. The van der Waals surface area contributed by atoms with Crippen molar-refractivity contribution in [2.24, 2.45) is 13.0 Å². The van der Waals surface area contributed by atoms with E-state index in [9.17, 15) is 9.59 Å². The predicted octanol–water partition coefficient (Wildman–Crippen LogP) is 3.36. The molecule has 0 radical (unpaired) electrons. The fraction of sp³-hybridized carbons (Fsp3) is 0.423. The summed E-state index contributed by atoms with van der Waals surface area (Å²) < 4.78 is 3.44. The van der Waals surface area contributed by atoms with E-state index in [1.807, 2.05) is 26.4 Å². The zero-order valence-electron chi connectivity index (χ0n) is 21.0. The number of piperidine rings is 2. The minimum absolute atomic E-state index is 0.183. The SMILES string of the molecule is Cc1ncc(C(=O)NCCN2CC3CCC2CC3)cc1NC(=O)c1cnn2cc(-c3cnn(C)c3)sc12. The highest BCUT2D eigenvalue weighted by atomic mass is 32.1. The van der Waals surface area contributed by atoms with Gasteiger partial charge >= 0.3 is 0 Å². The summed E-state index contributed by atoms with van der Waals surface area (Å²) >= 11 is 1.48. The van der Waals surface area contributed by atoms with Crippen molar-refractivity contribution in [3.05, 3.63) is 53.9 Å². The van der Waals surface area contributed by atoms with Crippen LogP contribution >= 0.6 is 11.3 Å². The highest BCUT2D eigenvalue weighted by Gasteiger charge is 2.33. The quantitative estimate of drug-likeness (QED) is 0.388. The smallest absolute Gasteiger partial charge is 0.260 e. The van der Waals surface area contributed by atoms with Gasteiger partial charge in [-0.25, -0.2) is 4.52 Å². The monoisotopic (exact) mass is 518 g/mol. The summed E-state index contributed by atoms with van der Waals surface area (Å²) in [5.74, 6) is 0.344. The van der Waals surface area contributed by atoms with E-state index in [1.165, 1.54) is 37.0 Å². The number of hydrogen-bond donors (Lipinski definition) is 2. The standard InChI is InChI=1S/C26H30N8O2S/c1-16-22(9-18(10-28-16)24(35)27-7-8-33-13-17-3-5-20(33)6-4-17)31-25(36)21-12-30-34-15-23(37-26(21)34)19-11-29-32(2)14-19/h9-12,14-15,17,20H,3-8,13H2,1-2H3,(H,27,35)(H,31,36). The number of aromatic nitrogens is 5. The number of amides is 2. The van der Waals surface area contributed by atoms with Gasteiger partial charge < -0.3 is 10.6 Å². The van der Waals surface area contributed by atoms with E-state index in [4.69, 9.17) is 0 Å². The van der Waals surface area contributed by atoms with Crippen molar-refractivity contribution >= 4 is 33.7 Å². The van der Waals surface area contributed by atoms with Crippen LogP contribution in [0.5, 0.6) is 0 Å². The van der Waals surface area contributed by atoms with Gasteiger partial charge in [0.25, 0.3) is 11.8 Å². The van der Waals surface area contributed by atoms with Crippen LogP contribution in [0.25, 0.3) is 15.3 Å². The Morgan fingerprint density at radius 3 is 2.65 bits per heavy atom. The van der Waals surface area contributed by atoms with Gasteiger partial charge in [0.2, 0.25) is 0 Å². The second-order valence-corrected chi connectivity index (χ2v) is 11.1. The summed E-state index contributed by atoms with van der Waals surface area (Å²) in [5, 5.41) is 14.5. The van der Waals surface area contributed by atoms with Crippen molar-refractivity contribution in [1.82, 2.24) is 34.6 Å². The van der Waals surface area contributed by atoms with Crippen molar-refractivity contribution in [1.29, 1.82) is 0 Å². The first kappa shape index (κ1) is 23.8. The Kier molecular flexibility index (Phi) is 6.25. The molecule has 3 fully saturated rings. The number of nitrogens with one attached hydrogen (secondary N) is 2. The lowest BCUT2D eigenvalue weighted by Gasteiger charge is -2.45. The topological polar surface area (TPSA) is 109 Å². The number of fused-ring (bicyclic) bond motifs is 4. The predicted molar refractivity (Wildman–Crippen MR) is 142 cm³/mol. The molecule has 2 N–H and O–H groups in total. The van der Waals surface area contributed by atoms with Crippen LogP contribution in [-0.2, 0) is 7.05 Å². The van der Waals surface area contributed by atoms with E-state index in [0.717, 1.165) is 34.3 Å². The number of carbonyl (C=O) groups excluding carboxylic acids is 2. The number of rotatable bonds is 7. The molecule has 2 aliphatic heterocycles. The summed E-state index contributed by atoms with van der Waals surface area (Å²) in [4.78, 5) is 34.6. The summed E-state index contributed by atoms with van der Waals surface area (Å²) in [6.07, 6.45) is 14.0. The van der Waals surface area contributed by atoms with Crippen LogP contribution in [0.3, 0.4) is 0 Å². The average Bonchev–Trinajstić information content (AvgIpc) is 3.62. The van der Waals surface area contributed by atoms with E-state index in [1.54, 1.807) is 33.9 Å². The molecule has 1 saturated carbocycles. The highest BCUT2D eigenvalue weighted by molar-refractivity contribution is 7.21. The molecule has 0 spiro atoms. The molecule has 2 amide bonds. The van der Waals surface area contributed by atoms with Gasteiger partial charge in [0, 0.05) is 56.9 Å². The van der Waals surface area contributed by atoms with Gasteiger partial charge in [0.1, 0.15) is 4.83 Å². The molecule has 0 unspecified atom stereocenters. The zero-order chi connectivity index (χ0) is 25.5. The average molecular weight is 519 g/mol. The number of nitrogens with zero attached hydrogens (tertiary/aromatic N) is 6. The van der Waals surface area contributed by atoms with E-state index in [2.05, 4.69) is 30.7 Å². The molecule has 192 valence electrons. The molecule has 11 heteroatoms. The van der Waals surface area contributed by atoms with Gasteiger partial charge in [-0.3, -0.25) is 24.2 Å². The summed E-state index contributed by atoms with van der Waals surface area (Å²) in [5.41, 5.74) is 3.01. The van der Waals surface area contributed by atoms with Crippen molar-refractivity contribution in [2.45, 2.75) is 38.6 Å². The number of aryl methyl sites for hydroxylation is 2. The highest BCUT2D eigenvalue weighted by Crippen LogP contribution is 2.34. The minimum Gasteiger partial charge on any atom is -0.351 e. The Bertz CT molecular complexity index is 1460. The van der Waals surface area contributed by atoms with Crippen LogP contribution < -0.4 is 10.6 Å². The molecule has 6 heterocycles. The number of carbonyl (C=O) groups is 2. The van der Waals surface area contributed by atoms with Gasteiger partial charge in [-0.05, 0) is 44.6 Å². The Labute approximate surface area is 218 Å². The molecule has 0 aromatic carbocycles. The van der Waals surface area contributed by atoms with Gasteiger partial charge in [-0.1, -0.05) is 0 Å². The van der Waals surface area contributed by atoms with Crippen LogP contribution in [0.1, 0.15) is 52.1 Å². The molecule has 37 heavy (non-hydrogen) atoms. The first-order valence-electron chi connectivity index (χ1n) is 12.7. The van der Waals surface area contributed by atoms with E-state index in [-0.39, 0.29) is 11.8 Å². The van der Waals surface area contributed by atoms with Crippen molar-refractivity contribution in [3.8, 4) is 10.4 Å². The maximum atomic E-state index is 13.2. The number of thiazole rings is 1. The Morgan fingerprint density at radius 1 is 1.08 bits per heavy atom. The molecule has 1 aliphatic carbocycles. The number of pyridine rings is 1. The second kappa shape index (κ2) is 9.71. The molecule has 0 atom stereocenters. The molecule has 10 nitrogen and oxygen atoms in total. The third-order valence-electron chi connectivity index (χ3n) is 7.54. The maximum Gasteiger partial charge on any atom is 0.260 e.